The van der Waals surface area contributed by atoms with Crippen molar-refractivity contribution in [2.24, 2.45) is 0 Å². The zero-order valence-electron chi connectivity index (χ0n) is 19.7. The molecule has 0 atom stereocenters. The molecule has 29 heavy (non-hydrogen) atoms. The molecule has 0 radical (unpaired) electrons. The highest BCUT2D eigenvalue weighted by Crippen LogP contribution is 2.14. The van der Waals surface area contributed by atoms with E-state index in [0.29, 0.717) is 18.8 Å². The molecular weight excluding hydrogens is 360 g/mol. The van der Waals surface area contributed by atoms with E-state index < -0.39 is 0 Å². The number of rotatable bonds is 22. The van der Waals surface area contributed by atoms with E-state index in [-0.39, 0.29) is 5.97 Å². The molecule has 0 aliphatic rings. The van der Waals surface area contributed by atoms with Crippen molar-refractivity contribution in [3.05, 3.63) is 11.6 Å². The number of allylic oxidation sites excluding steroid dienone is 1. The summed E-state index contributed by atoms with van der Waals surface area (Å²) in [6.45, 7) is 4.59. The monoisotopic (exact) mass is 410 g/mol. The highest BCUT2D eigenvalue weighted by molar-refractivity contribution is 5.87. The minimum atomic E-state index is -0.169. The zero-order chi connectivity index (χ0) is 21.4. The predicted octanol–water partition coefficient (Wildman–Crippen LogP) is 7.90. The molecule has 0 spiro atoms. The standard InChI is InChI=1S/C26H50O3/c1-3-25(2)26(28)29-24-22-20-18-16-14-12-10-8-6-4-5-7-9-11-13-15-17-19-21-23-27/h3,27H,4-24H2,1-2H3. The van der Waals surface area contributed by atoms with Gasteiger partial charge in [0.25, 0.3) is 0 Å². The molecule has 0 saturated heterocycles. The lowest BCUT2D eigenvalue weighted by atomic mass is 10.0. The number of carbonyl (C=O) groups excluding carboxylic acids is 1. The Morgan fingerprint density at radius 2 is 0.931 bits per heavy atom. The molecule has 0 amide bonds. The van der Waals surface area contributed by atoms with E-state index in [9.17, 15) is 4.79 Å². The number of ether oxygens (including phenoxy) is 1. The van der Waals surface area contributed by atoms with Crippen molar-refractivity contribution in [2.45, 2.75) is 136 Å². The Kier molecular flexibility index (Phi) is 22.8. The molecule has 0 aromatic rings. The van der Waals surface area contributed by atoms with Crippen LogP contribution in [0.25, 0.3) is 0 Å². The van der Waals surface area contributed by atoms with Crippen LogP contribution in [0, 0.1) is 0 Å². The summed E-state index contributed by atoms with van der Waals surface area (Å²) < 4.78 is 5.22. The highest BCUT2D eigenvalue weighted by Gasteiger charge is 2.03. The highest BCUT2D eigenvalue weighted by atomic mass is 16.5. The first-order valence-corrected chi connectivity index (χ1v) is 12.6. The van der Waals surface area contributed by atoms with Gasteiger partial charge in [0, 0.05) is 12.2 Å². The topological polar surface area (TPSA) is 46.5 Å². The number of carbonyl (C=O) groups is 1. The third-order valence-electron chi connectivity index (χ3n) is 5.79. The Morgan fingerprint density at radius 3 is 1.24 bits per heavy atom. The van der Waals surface area contributed by atoms with Crippen LogP contribution in [0.4, 0.5) is 0 Å². The fourth-order valence-corrected chi connectivity index (χ4v) is 3.62. The summed E-state index contributed by atoms with van der Waals surface area (Å²) in [6.07, 6.45) is 26.8. The smallest absolute Gasteiger partial charge is 0.333 e. The minimum Gasteiger partial charge on any atom is -0.462 e. The summed E-state index contributed by atoms with van der Waals surface area (Å²) in [4.78, 5) is 11.5. The van der Waals surface area contributed by atoms with Gasteiger partial charge in [-0.25, -0.2) is 4.79 Å². The summed E-state index contributed by atoms with van der Waals surface area (Å²) in [7, 11) is 0. The number of unbranched alkanes of at least 4 members (excludes halogenated alkanes) is 18. The second-order valence-electron chi connectivity index (χ2n) is 8.55. The average molecular weight is 411 g/mol. The maximum absolute atomic E-state index is 11.5. The van der Waals surface area contributed by atoms with E-state index in [2.05, 4.69) is 0 Å². The second kappa shape index (κ2) is 23.4. The molecule has 3 nitrogen and oxygen atoms in total. The molecule has 0 heterocycles. The summed E-state index contributed by atoms with van der Waals surface area (Å²) >= 11 is 0. The maximum atomic E-state index is 11.5. The van der Waals surface area contributed by atoms with Crippen LogP contribution in [-0.4, -0.2) is 24.3 Å². The van der Waals surface area contributed by atoms with Gasteiger partial charge in [-0.2, -0.15) is 0 Å². The van der Waals surface area contributed by atoms with Gasteiger partial charge in [-0.15, -0.1) is 0 Å². The van der Waals surface area contributed by atoms with Crippen molar-refractivity contribution >= 4 is 5.97 Å². The van der Waals surface area contributed by atoms with Gasteiger partial charge in [0.05, 0.1) is 6.61 Å². The van der Waals surface area contributed by atoms with Crippen LogP contribution in [0.3, 0.4) is 0 Å². The molecule has 0 aliphatic heterocycles. The van der Waals surface area contributed by atoms with Gasteiger partial charge in [0.15, 0.2) is 0 Å². The number of aliphatic hydroxyl groups is 1. The molecule has 0 bridgehead atoms. The molecule has 0 unspecified atom stereocenters. The Morgan fingerprint density at radius 1 is 0.621 bits per heavy atom. The molecule has 0 aliphatic carbocycles. The Bertz CT molecular complexity index is 376. The Hall–Kier alpha value is -0.830. The fourth-order valence-electron chi connectivity index (χ4n) is 3.62. The summed E-state index contributed by atoms with van der Waals surface area (Å²) in [5.74, 6) is -0.169. The number of hydrogen-bond donors (Lipinski definition) is 1. The van der Waals surface area contributed by atoms with Crippen molar-refractivity contribution < 1.29 is 14.6 Å². The van der Waals surface area contributed by atoms with Crippen molar-refractivity contribution in [1.82, 2.24) is 0 Å². The third kappa shape index (κ3) is 21.7. The molecular formula is C26H50O3. The van der Waals surface area contributed by atoms with E-state index in [1.807, 2.05) is 6.92 Å². The van der Waals surface area contributed by atoms with Crippen LogP contribution >= 0.6 is 0 Å². The van der Waals surface area contributed by atoms with E-state index >= 15 is 0 Å². The molecule has 0 aromatic heterocycles. The lowest BCUT2D eigenvalue weighted by molar-refractivity contribution is -0.139. The lowest BCUT2D eigenvalue weighted by Crippen LogP contribution is -2.06. The molecule has 0 saturated carbocycles. The van der Waals surface area contributed by atoms with Crippen LogP contribution in [-0.2, 0) is 9.53 Å². The van der Waals surface area contributed by atoms with Crippen molar-refractivity contribution in [3.8, 4) is 0 Å². The predicted molar refractivity (Wildman–Crippen MR) is 125 cm³/mol. The summed E-state index contributed by atoms with van der Waals surface area (Å²) in [5, 5.41) is 8.74. The fraction of sp³-hybridized carbons (Fsp3) is 0.885. The van der Waals surface area contributed by atoms with Gasteiger partial charge in [-0.05, 0) is 26.7 Å². The minimum absolute atomic E-state index is 0.169. The number of esters is 1. The van der Waals surface area contributed by atoms with Gasteiger partial charge < -0.3 is 9.84 Å². The summed E-state index contributed by atoms with van der Waals surface area (Å²) in [5.41, 5.74) is 0.700. The maximum Gasteiger partial charge on any atom is 0.333 e. The molecule has 1 N–H and O–H groups in total. The molecule has 0 fully saturated rings. The van der Waals surface area contributed by atoms with Crippen LogP contribution in [0.5, 0.6) is 0 Å². The molecule has 0 rings (SSSR count). The van der Waals surface area contributed by atoms with Crippen molar-refractivity contribution in [3.63, 3.8) is 0 Å². The first-order valence-electron chi connectivity index (χ1n) is 12.6. The van der Waals surface area contributed by atoms with Gasteiger partial charge in [-0.1, -0.05) is 115 Å². The van der Waals surface area contributed by atoms with Crippen LogP contribution in [0.15, 0.2) is 11.6 Å². The van der Waals surface area contributed by atoms with Crippen molar-refractivity contribution in [2.75, 3.05) is 13.2 Å². The normalized spacial score (nSPS) is 11.8. The van der Waals surface area contributed by atoms with Gasteiger partial charge in [0.2, 0.25) is 0 Å². The first kappa shape index (κ1) is 28.2. The van der Waals surface area contributed by atoms with Crippen LogP contribution in [0.1, 0.15) is 136 Å². The van der Waals surface area contributed by atoms with Gasteiger partial charge in [-0.3, -0.25) is 0 Å². The van der Waals surface area contributed by atoms with Crippen LogP contribution < -0.4 is 0 Å². The van der Waals surface area contributed by atoms with E-state index in [0.717, 1.165) is 12.8 Å². The number of hydrogen-bond acceptors (Lipinski definition) is 3. The SMILES string of the molecule is CC=C(C)C(=O)OCCCCCCCCCCCCCCCCCCCCCO. The van der Waals surface area contributed by atoms with Crippen LogP contribution in [0.2, 0.25) is 0 Å². The number of aliphatic hydroxyl groups excluding tert-OH is 1. The van der Waals surface area contributed by atoms with E-state index in [4.69, 9.17) is 9.84 Å². The average Bonchev–Trinajstić information content (AvgIpc) is 2.74. The summed E-state index contributed by atoms with van der Waals surface area (Å²) in [6, 6.07) is 0. The largest absolute Gasteiger partial charge is 0.462 e. The van der Waals surface area contributed by atoms with Gasteiger partial charge in [0.1, 0.15) is 0 Å². The van der Waals surface area contributed by atoms with E-state index in [1.54, 1.807) is 13.0 Å². The zero-order valence-corrected chi connectivity index (χ0v) is 19.7. The Labute approximate surface area is 181 Å². The first-order chi connectivity index (χ1) is 14.2. The van der Waals surface area contributed by atoms with Gasteiger partial charge >= 0.3 is 5.97 Å². The third-order valence-corrected chi connectivity index (χ3v) is 5.79. The molecule has 0 aromatic carbocycles. The lowest BCUT2D eigenvalue weighted by Gasteiger charge is -2.05. The quantitative estimate of drug-likeness (QED) is 0.112. The molecule has 172 valence electrons. The Balaban J connectivity index is 3.09. The van der Waals surface area contributed by atoms with E-state index in [1.165, 1.54) is 109 Å². The molecule has 3 heteroatoms. The second-order valence-corrected chi connectivity index (χ2v) is 8.55. The van der Waals surface area contributed by atoms with Crippen molar-refractivity contribution in [1.29, 1.82) is 0 Å².